The Kier molecular flexibility index (Phi) is 5.05. The summed E-state index contributed by atoms with van der Waals surface area (Å²) in [6.07, 6.45) is 4.73. The van der Waals surface area contributed by atoms with E-state index in [2.05, 4.69) is 25.5 Å². The van der Waals surface area contributed by atoms with Crippen LogP contribution in [0.4, 0.5) is 23.1 Å². The average Bonchev–Trinajstić information content (AvgIpc) is 3.56. The molecule has 1 saturated carbocycles. The number of aromatic nitrogens is 2. The Hall–Kier alpha value is -3.12. The third-order valence-corrected chi connectivity index (χ3v) is 7.11. The maximum atomic E-state index is 11.9. The molecule has 2 fully saturated rings. The third kappa shape index (κ3) is 4.15. The molecule has 1 aliphatic carbocycles. The van der Waals surface area contributed by atoms with Crippen molar-refractivity contribution in [2.24, 2.45) is 5.73 Å². The minimum absolute atomic E-state index is 0.0227. The van der Waals surface area contributed by atoms with Gasteiger partial charge >= 0.3 is 0 Å². The Morgan fingerprint density at radius 3 is 2.81 bits per heavy atom. The first-order chi connectivity index (χ1) is 15.3. The van der Waals surface area contributed by atoms with Crippen LogP contribution in [0.5, 0.6) is 5.75 Å². The standard InChI is InChI=1S/C20H25N7O4S/c1-32(29,30)26-6-7-27-14(10-26)11-31-17-8-13(4-5-16(17)27)24-20-22-9-15(18(21)28)19(25-20)23-12-2-3-12/h4-5,8-9,12,14H,2-3,6-7,10-11H2,1H3,(H2,21,28)(H2,22,23,24,25)/t14-/m1/s1. The molecule has 2 aliphatic heterocycles. The van der Waals surface area contributed by atoms with E-state index in [1.54, 1.807) is 0 Å². The minimum atomic E-state index is -3.22. The van der Waals surface area contributed by atoms with Crippen LogP contribution < -0.4 is 26.0 Å². The van der Waals surface area contributed by atoms with Crippen molar-refractivity contribution in [2.45, 2.75) is 24.9 Å². The van der Waals surface area contributed by atoms with Crippen molar-refractivity contribution < 1.29 is 17.9 Å². The van der Waals surface area contributed by atoms with Gasteiger partial charge in [0.15, 0.2) is 0 Å². The van der Waals surface area contributed by atoms with Gasteiger partial charge in [-0.3, -0.25) is 4.79 Å². The van der Waals surface area contributed by atoms with Gasteiger partial charge in [-0.1, -0.05) is 0 Å². The topological polar surface area (TPSA) is 143 Å². The number of carbonyl (C=O) groups excluding carboxylic acids is 1. The zero-order valence-corrected chi connectivity index (χ0v) is 18.4. The first-order valence-electron chi connectivity index (χ1n) is 10.5. The fourth-order valence-electron chi connectivity index (χ4n) is 4.00. The Morgan fingerprint density at radius 1 is 1.28 bits per heavy atom. The van der Waals surface area contributed by atoms with Crippen molar-refractivity contribution in [2.75, 3.05) is 48.0 Å². The summed E-state index contributed by atoms with van der Waals surface area (Å²) in [4.78, 5) is 22.5. The molecule has 5 rings (SSSR count). The molecule has 1 aromatic carbocycles. The lowest BCUT2D eigenvalue weighted by atomic mass is 10.1. The van der Waals surface area contributed by atoms with E-state index in [0.29, 0.717) is 49.8 Å². The number of fused-ring (bicyclic) bond motifs is 3. The lowest BCUT2D eigenvalue weighted by molar-refractivity contribution is 0.100. The van der Waals surface area contributed by atoms with Crippen LogP contribution in [0.15, 0.2) is 24.4 Å². The van der Waals surface area contributed by atoms with Crippen molar-refractivity contribution in [3.05, 3.63) is 30.0 Å². The van der Waals surface area contributed by atoms with Crippen molar-refractivity contribution in [3.63, 3.8) is 0 Å². The van der Waals surface area contributed by atoms with Gasteiger partial charge in [-0.25, -0.2) is 13.4 Å². The quantitative estimate of drug-likeness (QED) is 0.570. The fourth-order valence-corrected chi connectivity index (χ4v) is 4.86. The second-order valence-corrected chi connectivity index (χ2v) is 10.3. The number of sulfonamides is 1. The number of primary amides is 1. The Balaban J connectivity index is 1.34. The van der Waals surface area contributed by atoms with Gasteiger partial charge in [0, 0.05) is 43.6 Å². The van der Waals surface area contributed by atoms with Crippen LogP contribution in [0.1, 0.15) is 23.2 Å². The van der Waals surface area contributed by atoms with Gasteiger partial charge in [0.2, 0.25) is 16.0 Å². The van der Waals surface area contributed by atoms with Gasteiger partial charge < -0.3 is 26.0 Å². The van der Waals surface area contributed by atoms with Gasteiger partial charge in [-0.2, -0.15) is 9.29 Å². The summed E-state index contributed by atoms with van der Waals surface area (Å²) in [6, 6.07) is 6.00. The summed E-state index contributed by atoms with van der Waals surface area (Å²) in [7, 11) is -3.22. The highest BCUT2D eigenvalue weighted by Gasteiger charge is 2.35. The van der Waals surface area contributed by atoms with Crippen LogP contribution >= 0.6 is 0 Å². The van der Waals surface area contributed by atoms with E-state index < -0.39 is 15.9 Å². The highest BCUT2D eigenvalue weighted by Crippen LogP contribution is 2.38. The van der Waals surface area contributed by atoms with Crippen LogP contribution in [-0.2, 0) is 10.0 Å². The average molecular weight is 460 g/mol. The molecule has 11 nitrogen and oxygen atoms in total. The maximum Gasteiger partial charge on any atom is 0.254 e. The lowest BCUT2D eigenvalue weighted by Crippen LogP contribution is -2.58. The van der Waals surface area contributed by atoms with Crippen molar-refractivity contribution in [1.29, 1.82) is 0 Å². The predicted octanol–water partition coefficient (Wildman–Crippen LogP) is 0.736. The number of nitrogens with two attached hydrogens (primary N) is 1. The zero-order valence-electron chi connectivity index (χ0n) is 17.6. The molecular formula is C20H25N7O4S. The Morgan fingerprint density at radius 2 is 2.09 bits per heavy atom. The van der Waals surface area contributed by atoms with Gasteiger partial charge in [0.05, 0.1) is 23.5 Å². The number of hydrogen-bond donors (Lipinski definition) is 3. The summed E-state index contributed by atoms with van der Waals surface area (Å²) in [6.45, 7) is 1.87. The fraction of sp³-hybridized carbons (Fsp3) is 0.450. The molecule has 32 heavy (non-hydrogen) atoms. The molecular weight excluding hydrogens is 434 g/mol. The molecule has 170 valence electrons. The first-order valence-corrected chi connectivity index (χ1v) is 12.3. The summed E-state index contributed by atoms with van der Waals surface area (Å²) in [5.41, 5.74) is 7.37. The number of carbonyl (C=O) groups is 1. The molecule has 3 heterocycles. The molecule has 3 aliphatic rings. The minimum Gasteiger partial charge on any atom is -0.489 e. The molecule has 1 atom stereocenters. The molecule has 0 bridgehead atoms. The normalized spacial score (nSPS) is 20.7. The highest BCUT2D eigenvalue weighted by molar-refractivity contribution is 7.88. The number of nitrogens with one attached hydrogen (secondary N) is 2. The maximum absolute atomic E-state index is 11.9. The highest BCUT2D eigenvalue weighted by atomic mass is 32.2. The second kappa shape index (κ2) is 7.78. The molecule has 0 unspecified atom stereocenters. The lowest BCUT2D eigenvalue weighted by Gasteiger charge is -2.44. The number of ether oxygens (including phenoxy) is 1. The molecule has 0 spiro atoms. The van der Waals surface area contributed by atoms with E-state index in [-0.39, 0.29) is 11.6 Å². The van der Waals surface area contributed by atoms with Crippen LogP contribution in [-0.4, -0.2) is 73.2 Å². The molecule has 1 saturated heterocycles. The largest absolute Gasteiger partial charge is 0.489 e. The number of nitrogens with zero attached hydrogens (tertiary/aromatic N) is 4. The van der Waals surface area contributed by atoms with Gasteiger partial charge in [-0.15, -0.1) is 0 Å². The Bertz CT molecular complexity index is 1170. The number of rotatable bonds is 6. The predicted molar refractivity (Wildman–Crippen MR) is 120 cm³/mol. The van der Waals surface area contributed by atoms with E-state index in [4.69, 9.17) is 10.5 Å². The Labute approximate surface area is 186 Å². The summed E-state index contributed by atoms with van der Waals surface area (Å²) in [5.74, 6) is 0.906. The van der Waals surface area contributed by atoms with E-state index in [1.165, 1.54) is 16.8 Å². The third-order valence-electron chi connectivity index (χ3n) is 5.84. The molecule has 0 radical (unpaired) electrons. The molecule has 1 aromatic heterocycles. The van der Waals surface area contributed by atoms with E-state index in [0.717, 1.165) is 24.2 Å². The van der Waals surface area contributed by atoms with Gasteiger partial charge in [0.1, 0.15) is 18.2 Å². The number of anilines is 4. The van der Waals surface area contributed by atoms with Gasteiger partial charge in [0.25, 0.3) is 5.91 Å². The van der Waals surface area contributed by atoms with Crippen LogP contribution in [0.2, 0.25) is 0 Å². The smallest absolute Gasteiger partial charge is 0.254 e. The summed E-state index contributed by atoms with van der Waals surface area (Å²) < 4.78 is 31.2. The molecule has 12 heteroatoms. The summed E-state index contributed by atoms with van der Waals surface area (Å²) >= 11 is 0. The summed E-state index contributed by atoms with van der Waals surface area (Å²) in [5, 5.41) is 6.37. The number of piperazine rings is 1. The van der Waals surface area contributed by atoms with Crippen LogP contribution in [0.3, 0.4) is 0 Å². The molecule has 4 N–H and O–H groups in total. The zero-order chi connectivity index (χ0) is 22.5. The molecule has 1 amide bonds. The molecule has 2 aromatic rings. The number of hydrogen-bond acceptors (Lipinski definition) is 9. The van der Waals surface area contributed by atoms with Crippen LogP contribution in [0, 0.1) is 0 Å². The first kappa shape index (κ1) is 20.8. The van der Waals surface area contributed by atoms with E-state index in [9.17, 15) is 13.2 Å². The second-order valence-electron chi connectivity index (χ2n) is 8.33. The van der Waals surface area contributed by atoms with E-state index >= 15 is 0 Å². The monoisotopic (exact) mass is 459 g/mol. The van der Waals surface area contributed by atoms with Crippen LogP contribution in [0.25, 0.3) is 0 Å². The van der Waals surface area contributed by atoms with Crippen molar-refractivity contribution in [3.8, 4) is 5.75 Å². The number of amides is 1. The SMILES string of the molecule is CS(=O)(=O)N1CCN2c3ccc(Nc4ncc(C(N)=O)c(NC5CC5)n4)cc3OC[C@H]2C1. The number of benzene rings is 1. The van der Waals surface area contributed by atoms with Crippen molar-refractivity contribution >= 4 is 39.1 Å². The van der Waals surface area contributed by atoms with Gasteiger partial charge in [-0.05, 0) is 25.0 Å². The van der Waals surface area contributed by atoms with E-state index in [1.807, 2.05) is 18.2 Å². The van der Waals surface area contributed by atoms with Crippen molar-refractivity contribution in [1.82, 2.24) is 14.3 Å².